The molecule has 0 aliphatic heterocycles. The number of amides is 2. The molecule has 0 aliphatic rings. The Morgan fingerprint density at radius 1 is 0.926 bits per heavy atom. The van der Waals surface area contributed by atoms with Crippen molar-refractivity contribution in [3.8, 4) is 0 Å². The number of nitrogens with one attached hydrogen (secondary N) is 3. The number of anilines is 3. The first kappa shape index (κ1) is 18.7. The van der Waals surface area contributed by atoms with Crippen LogP contribution in [-0.2, 0) is 9.59 Å². The Hall–Kier alpha value is -3.05. The van der Waals surface area contributed by atoms with Gasteiger partial charge in [-0.2, -0.15) is 0 Å². The fourth-order valence-electron chi connectivity index (χ4n) is 2.79. The Morgan fingerprint density at radius 2 is 1.67 bits per heavy atom. The highest BCUT2D eigenvalue weighted by atomic mass is 35.5. The minimum absolute atomic E-state index is 0.159. The van der Waals surface area contributed by atoms with Crippen molar-refractivity contribution >= 4 is 51.2 Å². The molecule has 0 spiro atoms. The van der Waals surface area contributed by atoms with E-state index in [1.165, 1.54) is 6.92 Å². The van der Waals surface area contributed by atoms with E-state index in [-0.39, 0.29) is 11.8 Å². The van der Waals surface area contributed by atoms with E-state index in [1.54, 1.807) is 25.1 Å². The number of hydrogen-bond acceptors (Lipinski definition) is 3. The number of fused-ring (bicyclic) bond motifs is 1. The molecule has 0 aromatic heterocycles. The molecule has 2 amide bonds. The van der Waals surface area contributed by atoms with Gasteiger partial charge in [-0.25, -0.2) is 0 Å². The lowest BCUT2D eigenvalue weighted by molar-refractivity contribution is -0.116. The molecule has 0 saturated carbocycles. The van der Waals surface area contributed by atoms with Gasteiger partial charge >= 0.3 is 0 Å². The summed E-state index contributed by atoms with van der Waals surface area (Å²) in [7, 11) is 0. The van der Waals surface area contributed by atoms with Crippen LogP contribution in [0.3, 0.4) is 0 Å². The van der Waals surface area contributed by atoms with Crippen molar-refractivity contribution in [3.05, 3.63) is 65.7 Å². The van der Waals surface area contributed by atoms with Crippen LogP contribution in [0.15, 0.2) is 60.7 Å². The SMILES string of the molecule is CC(=O)Nc1ccc(NC(C)C(=O)Nc2cccc3ccccc23)cc1Cl. The molecule has 0 radical (unpaired) electrons. The Balaban J connectivity index is 1.70. The number of hydrogen-bond donors (Lipinski definition) is 3. The Morgan fingerprint density at radius 3 is 2.41 bits per heavy atom. The molecule has 1 atom stereocenters. The first-order valence-electron chi connectivity index (χ1n) is 8.56. The summed E-state index contributed by atoms with van der Waals surface area (Å²) in [4.78, 5) is 23.7. The van der Waals surface area contributed by atoms with Crippen LogP contribution in [0.1, 0.15) is 13.8 Å². The van der Waals surface area contributed by atoms with Crippen LogP contribution in [0, 0.1) is 0 Å². The van der Waals surface area contributed by atoms with Gasteiger partial charge < -0.3 is 16.0 Å². The maximum Gasteiger partial charge on any atom is 0.246 e. The molecule has 0 bridgehead atoms. The van der Waals surface area contributed by atoms with Crippen LogP contribution in [-0.4, -0.2) is 17.9 Å². The van der Waals surface area contributed by atoms with E-state index < -0.39 is 6.04 Å². The zero-order valence-corrected chi connectivity index (χ0v) is 15.8. The molecule has 0 heterocycles. The van der Waals surface area contributed by atoms with Gasteiger partial charge in [0.1, 0.15) is 6.04 Å². The number of halogens is 1. The lowest BCUT2D eigenvalue weighted by Crippen LogP contribution is -2.31. The van der Waals surface area contributed by atoms with Crippen LogP contribution in [0.4, 0.5) is 17.1 Å². The molecule has 0 fully saturated rings. The molecule has 6 heteroatoms. The van der Waals surface area contributed by atoms with Crippen molar-refractivity contribution in [1.29, 1.82) is 0 Å². The minimum Gasteiger partial charge on any atom is -0.374 e. The van der Waals surface area contributed by atoms with Crippen LogP contribution >= 0.6 is 11.6 Å². The van der Waals surface area contributed by atoms with Gasteiger partial charge in [-0.1, -0.05) is 48.0 Å². The van der Waals surface area contributed by atoms with E-state index in [0.717, 1.165) is 16.5 Å². The second-order valence-corrected chi connectivity index (χ2v) is 6.66. The number of carbonyl (C=O) groups is 2. The van der Waals surface area contributed by atoms with Gasteiger partial charge in [-0.05, 0) is 36.6 Å². The van der Waals surface area contributed by atoms with Crippen molar-refractivity contribution in [3.63, 3.8) is 0 Å². The lowest BCUT2D eigenvalue weighted by Gasteiger charge is -2.17. The lowest BCUT2D eigenvalue weighted by atomic mass is 10.1. The van der Waals surface area contributed by atoms with Crippen molar-refractivity contribution < 1.29 is 9.59 Å². The number of rotatable bonds is 5. The fourth-order valence-corrected chi connectivity index (χ4v) is 3.01. The Kier molecular flexibility index (Phi) is 5.62. The quantitative estimate of drug-likeness (QED) is 0.589. The molecular weight excluding hydrogens is 362 g/mol. The molecule has 0 aliphatic carbocycles. The minimum atomic E-state index is -0.480. The first-order chi connectivity index (χ1) is 12.9. The predicted octanol–water partition coefficient (Wildman–Crippen LogP) is 4.89. The average molecular weight is 382 g/mol. The monoisotopic (exact) mass is 381 g/mol. The largest absolute Gasteiger partial charge is 0.374 e. The van der Waals surface area contributed by atoms with E-state index in [4.69, 9.17) is 11.6 Å². The molecule has 3 aromatic rings. The average Bonchev–Trinajstić information content (AvgIpc) is 2.64. The van der Waals surface area contributed by atoms with Crippen molar-refractivity contribution in [2.75, 3.05) is 16.0 Å². The highest BCUT2D eigenvalue weighted by Gasteiger charge is 2.15. The number of benzene rings is 3. The summed E-state index contributed by atoms with van der Waals surface area (Å²) in [5.74, 6) is -0.353. The second-order valence-electron chi connectivity index (χ2n) is 6.26. The van der Waals surface area contributed by atoms with Gasteiger partial charge in [0, 0.05) is 23.7 Å². The normalized spacial score (nSPS) is 11.7. The highest BCUT2D eigenvalue weighted by Crippen LogP contribution is 2.26. The first-order valence-corrected chi connectivity index (χ1v) is 8.94. The Bertz CT molecular complexity index is 998. The molecule has 27 heavy (non-hydrogen) atoms. The maximum absolute atomic E-state index is 12.6. The fraction of sp³-hybridized carbons (Fsp3) is 0.143. The molecule has 1 unspecified atom stereocenters. The summed E-state index contributed by atoms with van der Waals surface area (Å²) in [6, 6.07) is 18.3. The molecular formula is C21H20ClN3O2. The van der Waals surface area contributed by atoms with Gasteiger partial charge in [0.05, 0.1) is 10.7 Å². The molecule has 3 aromatic carbocycles. The van der Waals surface area contributed by atoms with Crippen LogP contribution in [0.25, 0.3) is 10.8 Å². The second kappa shape index (κ2) is 8.10. The van der Waals surface area contributed by atoms with E-state index in [2.05, 4.69) is 16.0 Å². The van der Waals surface area contributed by atoms with Gasteiger partial charge in [-0.15, -0.1) is 0 Å². The van der Waals surface area contributed by atoms with E-state index in [9.17, 15) is 9.59 Å². The van der Waals surface area contributed by atoms with E-state index in [1.807, 2.05) is 42.5 Å². The maximum atomic E-state index is 12.6. The zero-order chi connectivity index (χ0) is 19.4. The molecule has 3 N–H and O–H groups in total. The third-order valence-corrected chi connectivity index (χ3v) is 4.42. The number of carbonyl (C=O) groups excluding carboxylic acids is 2. The standard InChI is InChI=1S/C21H20ClN3O2/c1-13(23-16-10-11-20(18(22)12-16)24-14(2)26)21(27)25-19-9-5-7-15-6-3-4-8-17(15)19/h3-13,23H,1-2H3,(H,24,26)(H,25,27). The van der Waals surface area contributed by atoms with E-state index >= 15 is 0 Å². The van der Waals surface area contributed by atoms with E-state index in [0.29, 0.717) is 16.4 Å². The van der Waals surface area contributed by atoms with Gasteiger partial charge in [-0.3, -0.25) is 9.59 Å². The summed E-state index contributed by atoms with van der Waals surface area (Å²) < 4.78 is 0. The third-order valence-electron chi connectivity index (χ3n) is 4.10. The highest BCUT2D eigenvalue weighted by molar-refractivity contribution is 6.34. The summed E-state index contributed by atoms with van der Waals surface area (Å²) >= 11 is 6.18. The van der Waals surface area contributed by atoms with Gasteiger partial charge in [0.2, 0.25) is 11.8 Å². The summed E-state index contributed by atoms with van der Waals surface area (Å²) in [6.45, 7) is 3.19. The zero-order valence-electron chi connectivity index (χ0n) is 15.0. The molecule has 0 saturated heterocycles. The van der Waals surface area contributed by atoms with Gasteiger partial charge in [0.25, 0.3) is 0 Å². The summed E-state index contributed by atoms with van der Waals surface area (Å²) in [5.41, 5.74) is 1.99. The smallest absolute Gasteiger partial charge is 0.246 e. The molecule has 3 rings (SSSR count). The van der Waals surface area contributed by atoms with Crippen molar-refractivity contribution in [2.45, 2.75) is 19.9 Å². The topological polar surface area (TPSA) is 70.2 Å². The Labute approximate surface area is 162 Å². The van der Waals surface area contributed by atoms with Crippen LogP contribution in [0.5, 0.6) is 0 Å². The van der Waals surface area contributed by atoms with Crippen molar-refractivity contribution in [2.24, 2.45) is 0 Å². The summed E-state index contributed by atoms with van der Waals surface area (Å²) in [5, 5.41) is 11.2. The van der Waals surface area contributed by atoms with Gasteiger partial charge in [0.15, 0.2) is 0 Å². The molecule has 5 nitrogen and oxygen atoms in total. The summed E-state index contributed by atoms with van der Waals surface area (Å²) in [6.07, 6.45) is 0. The predicted molar refractivity (Wildman–Crippen MR) is 111 cm³/mol. The van der Waals surface area contributed by atoms with Crippen molar-refractivity contribution in [1.82, 2.24) is 0 Å². The third kappa shape index (κ3) is 4.57. The van der Waals surface area contributed by atoms with Crippen LogP contribution < -0.4 is 16.0 Å². The van der Waals surface area contributed by atoms with Crippen LogP contribution in [0.2, 0.25) is 5.02 Å². The molecule has 138 valence electrons.